The third kappa shape index (κ3) is 2.37. The second-order valence-corrected chi connectivity index (χ2v) is 4.87. The minimum Gasteiger partial charge on any atom is -0.497 e. The molecule has 5 heteroatoms. The van der Waals surface area contributed by atoms with Crippen LogP contribution < -0.4 is 4.74 Å². The summed E-state index contributed by atoms with van der Waals surface area (Å²) in [4.78, 5) is 11.3. The van der Waals surface area contributed by atoms with Crippen molar-refractivity contribution in [1.29, 1.82) is 0 Å². The second kappa shape index (κ2) is 5.81. The van der Waals surface area contributed by atoms with Gasteiger partial charge in [-0.2, -0.15) is 0 Å². The summed E-state index contributed by atoms with van der Waals surface area (Å²) < 4.78 is 6.91. The molecule has 0 aliphatic rings. The standard InChI is InChI=1S/C17H15N3O2/c1-12-6-3-4-9-15(12)17-16(11-21)18-19-20(17)13-7-5-8-14(10-13)22-2/h3-11H,1-2H3. The summed E-state index contributed by atoms with van der Waals surface area (Å²) in [5, 5.41) is 8.12. The van der Waals surface area contributed by atoms with Gasteiger partial charge in [0.25, 0.3) is 0 Å². The molecule has 0 N–H and O–H groups in total. The molecule has 22 heavy (non-hydrogen) atoms. The Morgan fingerprint density at radius 1 is 1.14 bits per heavy atom. The molecule has 3 rings (SSSR count). The summed E-state index contributed by atoms with van der Waals surface area (Å²) in [6.07, 6.45) is 0.728. The van der Waals surface area contributed by atoms with Crippen LogP contribution in [0.15, 0.2) is 48.5 Å². The molecule has 0 saturated carbocycles. The van der Waals surface area contributed by atoms with Crippen LogP contribution in [0.4, 0.5) is 0 Å². The maximum absolute atomic E-state index is 11.3. The lowest BCUT2D eigenvalue weighted by Crippen LogP contribution is -2.01. The smallest absolute Gasteiger partial charge is 0.172 e. The first-order valence-corrected chi connectivity index (χ1v) is 6.86. The zero-order valence-corrected chi connectivity index (χ0v) is 12.4. The van der Waals surface area contributed by atoms with E-state index >= 15 is 0 Å². The van der Waals surface area contributed by atoms with Crippen molar-refractivity contribution in [2.24, 2.45) is 0 Å². The Balaban J connectivity index is 2.24. The van der Waals surface area contributed by atoms with Crippen LogP contribution in [0.5, 0.6) is 5.75 Å². The van der Waals surface area contributed by atoms with Gasteiger partial charge in [0.1, 0.15) is 11.4 Å². The van der Waals surface area contributed by atoms with Gasteiger partial charge in [0.15, 0.2) is 12.0 Å². The number of rotatable bonds is 4. The van der Waals surface area contributed by atoms with Gasteiger partial charge < -0.3 is 4.74 Å². The molecule has 1 aromatic heterocycles. The van der Waals surface area contributed by atoms with E-state index in [1.54, 1.807) is 11.8 Å². The summed E-state index contributed by atoms with van der Waals surface area (Å²) in [7, 11) is 1.61. The Labute approximate surface area is 128 Å². The highest BCUT2D eigenvalue weighted by atomic mass is 16.5. The van der Waals surface area contributed by atoms with E-state index in [1.165, 1.54) is 0 Å². The molecule has 3 aromatic rings. The number of ether oxygens (including phenoxy) is 1. The van der Waals surface area contributed by atoms with Crippen LogP contribution in [0.25, 0.3) is 16.9 Å². The zero-order chi connectivity index (χ0) is 15.5. The molecule has 0 amide bonds. The number of aldehydes is 1. The van der Waals surface area contributed by atoms with Gasteiger partial charge in [0.05, 0.1) is 12.8 Å². The Bertz CT molecular complexity index is 824. The van der Waals surface area contributed by atoms with Crippen molar-refractivity contribution >= 4 is 6.29 Å². The molecule has 0 fully saturated rings. The van der Waals surface area contributed by atoms with Crippen molar-refractivity contribution in [3.63, 3.8) is 0 Å². The van der Waals surface area contributed by atoms with Gasteiger partial charge in [-0.3, -0.25) is 4.79 Å². The molecule has 0 atom stereocenters. The minimum atomic E-state index is 0.317. The Hall–Kier alpha value is -2.95. The topological polar surface area (TPSA) is 57.0 Å². The van der Waals surface area contributed by atoms with Crippen LogP contribution in [0.3, 0.4) is 0 Å². The molecule has 0 aliphatic heterocycles. The molecule has 5 nitrogen and oxygen atoms in total. The van der Waals surface area contributed by atoms with Crippen molar-refractivity contribution in [3.8, 4) is 22.7 Å². The average Bonchev–Trinajstić information content (AvgIpc) is 2.99. The van der Waals surface area contributed by atoms with E-state index in [2.05, 4.69) is 10.3 Å². The fourth-order valence-electron chi connectivity index (χ4n) is 2.39. The lowest BCUT2D eigenvalue weighted by Gasteiger charge is -2.10. The van der Waals surface area contributed by atoms with Crippen LogP contribution >= 0.6 is 0 Å². The molecule has 110 valence electrons. The van der Waals surface area contributed by atoms with E-state index in [-0.39, 0.29) is 0 Å². The first-order valence-electron chi connectivity index (χ1n) is 6.86. The molecule has 0 spiro atoms. The molecular formula is C17H15N3O2. The normalized spacial score (nSPS) is 10.5. The second-order valence-electron chi connectivity index (χ2n) is 4.87. The monoisotopic (exact) mass is 293 g/mol. The number of carbonyl (C=O) groups is 1. The van der Waals surface area contributed by atoms with Gasteiger partial charge in [0, 0.05) is 11.6 Å². The Kier molecular flexibility index (Phi) is 3.70. The Morgan fingerprint density at radius 3 is 2.68 bits per heavy atom. The lowest BCUT2D eigenvalue weighted by atomic mass is 10.0. The van der Waals surface area contributed by atoms with Gasteiger partial charge >= 0.3 is 0 Å². The first kappa shape index (κ1) is 14.0. The molecule has 0 saturated heterocycles. The number of aryl methyl sites for hydroxylation is 1. The number of carbonyl (C=O) groups excluding carboxylic acids is 1. The average molecular weight is 293 g/mol. The number of nitrogens with zero attached hydrogens (tertiary/aromatic N) is 3. The number of aromatic nitrogens is 3. The molecule has 0 radical (unpaired) electrons. The summed E-state index contributed by atoms with van der Waals surface area (Å²) in [5.74, 6) is 0.719. The van der Waals surface area contributed by atoms with Gasteiger partial charge in [-0.25, -0.2) is 4.68 Å². The summed E-state index contributed by atoms with van der Waals surface area (Å²) in [6.45, 7) is 1.99. The quantitative estimate of drug-likeness (QED) is 0.694. The highest BCUT2D eigenvalue weighted by Gasteiger charge is 2.17. The minimum absolute atomic E-state index is 0.317. The van der Waals surface area contributed by atoms with Crippen LogP contribution in [0.2, 0.25) is 0 Å². The maximum atomic E-state index is 11.3. The van der Waals surface area contributed by atoms with Crippen LogP contribution in [-0.2, 0) is 0 Å². The van der Waals surface area contributed by atoms with Gasteiger partial charge in [0.2, 0.25) is 0 Å². The highest BCUT2D eigenvalue weighted by molar-refractivity contribution is 5.85. The maximum Gasteiger partial charge on any atom is 0.172 e. The Morgan fingerprint density at radius 2 is 1.95 bits per heavy atom. The van der Waals surface area contributed by atoms with E-state index in [4.69, 9.17) is 4.74 Å². The van der Waals surface area contributed by atoms with Crippen molar-refractivity contribution in [3.05, 3.63) is 59.8 Å². The van der Waals surface area contributed by atoms with Gasteiger partial charge in [-0.05, 0) is 24.6 Å². The van der Waals surface area contributed by atoms with Crippen LogP contribution in [-0.4, -0.2) is 28.4 Å². The summed E-state index contributed by atoms with van der Waals surface area (Å²) in [6, 6.07) is 15.3. The van der Waals surface area contributed by atoms with E-state index in [1.807, 2.05) is 55.5 Å². The van der Waals surface area contributed by atoms with Crippen molar-refractivity contribution in [2.75, 3.05) is 7.11 Å². The van der Waals surface area contributed by atoms with Crippen molar-refractivity contribution in [1.82, 2.24) is 15.0 Å². The lowest BCUT2D eigenvalue weighted by molar-refractivity contribution is 0.111. The number of hydrogen-bond donors (Lipinski definition) is 0. The van der Waals surface area contributed by atoms with Crippen LogP contribution in [0, 0.1) is 6.92 Å². The van der Waals surface area contributed by atoms with E-state index in [9.17, 15) is 4.79 Å². The number of benzene rings is 2. The fourth-order valence-corrected chi connectivity index (χ4v) is 2.39. The van der Waals surface area contributed by atoms with Crippen molar-refractivity contribution < 1.29 is 9.53 Å². The summed E-state index contributed by atoms with van der Waals surface area (Å²) in [5.41, 5.74) is 3.77. The molecular weight excluding hydrogens is 278 g/mol. The van der Waals surface area contributed by atoms with E-state index < -0.39 is 0 Å². The molecule has 0 unspecified atom stereocenters. The summed E-state index contributed by atoms with van der Waals surface area (Å²) >= 11 is 0. The van der Waals surface area contributed by atoms with Crippen LogP contribution in [0.1, 0.15) is 16.1 Å². The first-order chi connectivity index (χ1) is 10.7. The zero-order valence-electron chi connectivity index (χ0n) is 12.4. The third-order valence-electron chi connectivity index (χ3n) is 3.51. The largest absolute Gasteiger partial charge is 0.497 e. The van der Waals surface area contributed by atoms with Crippen molar-refractivity contribution in [2.45, 2.75) is 6.92 Å². The van der Waals surface area contributed by atoms with Gasteiger partial charge in [-0.15, -0.1) is 5.10 Å². The molecule has 1 heterocycles. The predicted octanol–water partition coefficient (Wildman–Crippen LogP) is 3.06. The SMILES string of the molecule is COc1cccc(-n2nnc(C=O)c2-c2ccccc2C)c1. The third-order valence-corrected chi connectivity index (χ3v) is 3.51. The predicted molar refractivity (Wildman–Crippen MR) is 83.5 cm³/mol. The molecule has 0 bridgehead atoms. The molecule has 0 aliphatic carbocycles. The molecule has 2 aromatic carbocycles. The van der Waals surface area contributed by atoms with Gasteiger partial charge in [-0.1, -0.05) is 35.5 Å². The number of methoxy groups -OCH3 is 1. The highest BCUT2D eigenvalue weighted by Crippen LogP contribution is 2.28. The van der Waals surface area contributed by atoms with E-state index in [0.717, 1.165) is 28.8 Å². The number of hydrogen-bond acceptors (Lipinski definition) is 4. The fraction of sp³-hybridized carbons (Fsp3) is 0.118. The van der Waals surface area contributed by atoms with E-state index in [0.29, 0.717) is 11.4 Å².